The minimum atomic E-state index is -0.507. The number of hydrogen-bond acceptors (Lipinski definition) is 4. The van der Waals surface area contributed by atoms with Gasteiger partial charge in [-0.1, -0.05) is 6.92 Å². The van der Waals surface area contributed by atoms with Crippen molar-refractivity contribution < 1.29 is 14.4 Å². The van der Waals surface area contributed by atoms with E-state index in [1.807, 2.05) is 17.9 Å². The molecule has 1 fully saturated rings. The number of rotatable bonds is 5. The molecule has 2 rings (SSSR count). The molecule has 0 radical (unpaired) electrons. The summed E-state index contributed by atoms with van der Waals surface area (Å²) in [5.41, 5.74) is 2.31. The Hall–Kier alpha value is -2.57. The SMILES string of the molecule is CCNC(=O)NC(=O)CNc1ccc(C(=O)N2CCCC(C)C2)cc1C. The molecule has 4 amide bonds. The van der Waals surface area contributed by atoms with Crippen LogP contribution >= 0.6 is 0 Å². The summed E-state index contributed by atoms with van der Waals surface area (Å²) in [6, 6.07) is 4.91. The Morgan fingerprint density at radius 3 is 2.69 bits per heavy atom. The van der Waals surface area contributed by atoms with E-state index in [-0.39, 0.29) is 12.5 Å². The summed E-state index contributed by atoms with van der Waals surface area (Å²) >= 11 is 0. The number of hydrogen-bond donors (Lipinski definition) is 3. The molecule has 1 heterocycles. The second kappa shape index (κ2) is 9.22. The van der Waals surface area contributed by atoms with Crippen LogP contribution in [0.25, 0.3) is 0 Å². The van der Waals surface area contributed by atoms with E-state index in [1.54, 1.807) is 19.1 Å². The molecule has 0 spiro atoms. The molecule has 7 heteroatoms. The van der Waals surface area contributed by atoms with Crippen LogP contribution in [0.1, 0.15) is 42.6 Å². The van der Waals surface area contributed by atoms with Crippen molar-refractivity contribution in [1.29, 1.82) is 0 Å². The lowest BCUT2D eigenvalue weighted by molar-refractivity contribution is -0.118. The average Bonchev–Trinajstić information content (AvgIpc) is 2.60. The molecular formula is C19H28N4O3. The van der Waals surface area contributed by atoms with Crippen LogP contribution in [0.15, 0.2) is 18.2 Å². The third kappa shape index (κ3) is 5.47. The van der Waals surface area contributed by atoms with Gasteiger partial charge in [0.1, 0.15) is 0 Å². The van der Waals surface area contributed by atoms with Crippen molar-refractivity contribution in [3.05, 3.63) is 29.3 Å². The predicted octanol–water partition coefficient (Wildman–Crippen LogP) is 2.12. The van der Waals surface area contributed by atoms with Gasteiger partial charge in [0.05, 0.1) is 6.54 Å². The Balaban J connectivity index is 1.93. The zero-order valence-electron chi connectivity index (χ0n) is 15.7. The number of imide groups is 1. The number of anilines is 1. The van der Waals surface area contributed by atoms with Gasteiger partial charge in [0, 0.05) is 30.9 Å². The zero-order valence-corrected chi connectivity index (χ0v) is 15.7. The monoisotopic (exact) mass is 360 g/mol. The summed E-state index contributed by atoms with van der Waals surface area (Å²) in [6.45, 7) is 7.88. The Labute approximate surface area is 154 Å². The average molecular weight is 360 g/mol. The molecule has 1 aliphatic rings. The fraction of sp³-hybridized carbons (Fsp3) is 0.526. The topological polar surface area (TPSA) is 90.5 Å². The van der Waals surface area contributed by atoms with Gasteiger partial charge in [-0.05, 0) is 56.4 Å². The van der Waals surface area contributed by atoms with Crippen molar-refractivity contribution in [2.45, 2.75) is 33.6 Å². The Morgan fingerprint density at radius 1 is 1.27 bits per heavy atom. The number of carbonyl (C=O) groups excluding carboxylic acids is 3. The number of amides is 4. The number of benzene rings is 1. The summed E-state index contributed by atoms with van der Waals surface area (Å²) in [6.07, 6.45) is 2.22. The van der Waals surface area contributed by atoms with Gasteiger partial charge in [-0.25, -0.2) is 4.79 Å². The smallest absolute Gasteiger partial charge is 0.321 e. The number of urea groups is 1. The number of nitrogens with zero attached hydrogens (tertiary/aromatic N) is 1. The van der Waals surface area contributed by atoms with Crippen LogP contribution in [-0.4, -0.2) is 48.9 Å². The highest BCUT2D eigenvalue weighted by atomic mass is 16.2. The largest absolute Gasteiger partial charge is 0.376 e. The second-order valence-electron chi connectivity index (χ2n) is 6.79. The predicted molar refractivity (Wildman–Crippen MR) is 101 cm³/mol. The quantitative estimate of drug-likeness (QED) is 0.750. The molecule has 1 aromatic rings. The number of nitrogens with one attached hydrogen (secondary N) is 3. The van der Waals surface area contributed by atoms with E-state index in [1.165, 1.54) is 6.42 Å². The van der Waals surface area contributed by atoms with Crippen molar-refractivity contribution >= 4 is 23.5 Å². The Kier molecular flexibility index (Phi) is 7.00. The summed E-state index contributed by atoms with van der Waals surface area (Å²) in [4.78, 5) is 37.6. The molecule has 0 aliphatic carbocycles. The van der Waals surface area contributed by atoms with E-state index in [0.717, 1.165) is 30.8 Å². The number of carbonyl (C=O) groups is 3. The summed E-state index contributed by atoms with van der Waals surface area (Å²) < 4.78 is 0. The summed E-state index contributed by atoms with van der Waals surface area (Å²) in [5.74, 6) is 0.177. The van der Waals surface area contributed by atoms with Crippen LogP contribution in [0.2, 0.25) is 0 Å². The molecule has 1 aliphatic heterocycles. The van der Waals surface area contributed by atoms with Gasteiger partial charge in [-0.3, -0.25) is 14.9 Å². The minimum Gasteiger partial charge on any atom is -0.376 e. The van der Waals surface area contributed by atoms with Crippen molar-refractivity contribution in [2.24, 2.45) is 5.92 Å². The fourth-order valence-corrected chi connectivity index (χ4v) is 3.10. The first-order valence-electron chi connectivity index (χ1n) is 9.12. The lowest BCUT2D eigenvalue weighted by atomic mass is 9.99. The highest BCUT2D eigenvalue weighted by Crippen LogP contribution is 2.21. The van der Waals surface area contributed by atoms with Crippen LogP contribution in [0.5, 0.6) is 0 Å². The molecule has 0 bridgehead atoms. The van der Waals surface area contributed by atoms with E-state index >= 15 is 0 Å². The van der Waals surface area contributed by atoms with Crippen molar-refractivity contribution in [2.75, 3.05) is 31.5 Å². The number of likely N-dealkylation sites (tertiary alicyclic amines) is 1. The molecule has 0 aromatic heterocycles. The third-order valence-electron chi connectivity index (χ3n) is 4.45. The molecule has 1 aromatic carbocycles. The summed E-state index contributed by atoms with van der Waals surface area (Å²) in [5, 5.41) is 7.73. The Morgan fingerprint density at radius 2 is 2.04 bits per heavy atom. The first kappa shape index (κ1) is 19.8. The highest BCUT2D eigenvalue weighted by molar-refractivity contribution is 5.97. The lowest BCUT2D eigenvalue weighted by Crippen LogP contribution is -2.41. The highest BCUT2D eigenvalue weighted by Gasteiger charge is 2.22. The lowest BCUT2D eigenvalue weighted by Gasteiger charge is -2.31. The third-order valence-corrected chi connectivity index (χ3v) is 4.45. The summed E-state index contributed by atoms with van der Waals surface area (Å²) in [7, 11) is 0. The molecular weight excluding hydrogens is 332 g/mol. The molecule has 1 atom stereocenters. The van der Waals surface area contributed by atoms with Crippen LogP contribution in [-0.2, 0) is 4.79 Å². The van der Waals surface area contributed by atoms with Gasteiger partial charge in [0.15, 0.2) is 0 Å². The number of piperidine rings is 1. The molecule has 3 N–H and O–H groups in total. The maximum atomic E-state index is 12.7. The van der Waals surface area contributed by atoms with E-state index in [0.29, 0.717) is 18.0 Å². The normalized spacial score (nSPS) is 16.7. The molecule has 1 unspecified atom stereocenters. The molecule has 1 saturated heterocycles. The molecule has 7 nitrogen and oxygen atoms in total. The van der Waals surface area contributed by atoms with Crippen molar-refractivity contribution in [3.8, 4) is 0 Å². The minimum absolute atomic E-state index is 0.0189. The standard InChI is InChI=1S/C19H28N4O3/c1-4-20-19(26)22-17(24)11-21-16-8-7-15(10-14(16)3)18(25)23-9-5-6-13(2)12-23/h7-8,10,13,21H,4-6,9,11-12H2,1-3H3,(H2,20,22,24,26). The van der Waals surface area contributed by atoms with Crippen LogP contribution < -0.4 is 16.0 Å². The van der Waals surface area contributed by atoms with E-state index < -0.39 is 11.9 Å². The van der Waals surface area contributed by atoms with Crippen LogP contribution in [0, 0.1) is 12.8 Å². The second-order valence-corrected chi connectivity index (χ2v) is 6.79. The molecule has 0 saturated carbocycles. The fourth-order valence-electron chi connectivity index (χ4n) is 3.10. The van der Waals surface area contributed by atoms with E-state index in [9.17, 15) is 14.4 Å². The zero-order chi connectivity index (χ0) is 19.1. The first-order chi connectivity index (χ1) is 12.4. The molecule has 142 valence electrons. The van der Waals surface area contributed by atoms with Gasteiger partial charge in [-0.2, -0.15) is 0 Å². The van der Waals surface area contributed by atoms with E-state index in [4.69, 9.17) is 0 Å². The van der Waals surface area contributed by atoms with Crippen molar-refractivity contribution in [1.82, 2.24) is 15.5 Å². The van der Waals surface area contributed by atoms with Gasteiger partial charge >= 0.3 is 6.03 Å². The van der Waals surface area contributed by atoms with Crippen LogP contribution in [0.4, 0.5) is 10.5 Å². The van der Waals surface area contributed by atoms with Crippen molar-refractivity contribution in [3.63, 3.8) is 0 Å². The first-order valence-corrected chi connectivity index (χ1v) is 9.12. The number of aryl methyl sites for hydroxylation is 1. The van der Waals surface area contributed by atoms with Gasteiger partial charge in [0.2, 0.25) is 5.91 Å². The molecule has 26 heavy (non-hydrogen) atoms. The van der Waals surface area contributed by atoms with Gasteiger partial charge in [-0.15, -0.1) is 0 Å². The maximum absolute atomic E-state index is 12.7. The Bertz CT molecular complexity index is 675. The van der Waals surface area contributed by atoms with Crippen LogP contribution in [0.3, 0.4) is 0 Å². The van der Waals surface area contributed by atoms with E-state index in [2.05, 4.69) is 22.9 Å². The van der Waals surface area contributed by atoms with Gasteiger partial charge in [0.25, 0.3) is 5.91 Å². The maximum Gasteiger partial charge on any atom is 0.321 e. The van der Waals surface area contributed by atoms with Gasteiger partial charge < -0.3 is 15.5 Å².